The van der Waals surface area contributed by atoms with Crippen molar-refractivity contribution in [3.05, 3.63) is 54.2 Å². The highest BCUT2D eigenvalue weighted by atomic mass is 19.3. The van der Waals surface area contributed by atoms with Gasteiger partial charge in [-0.05, 0) is 24.1 Å². The number of benzene rings is 1. The van der Waals surface area contributed by atoms with E-state index >= 15 is 0 Å². The summed E-state index contributed by atoms with van der Waals surface area (Å²) in [7, 11) is 1.25. The third-order valence-electron chi connectivity index (χ3n) is 6.54. The molecule has 0 unspecified atom stereocenters. The Morgan fingerprint density at radius 1 is 1.11 bits per heavy atom. The maximum Gasteiger partial charge on any atom is 0.240 e. The van der Waals surface area contributed by atoms with E-state index in [0.29, 0.717) is 35.4 Å². The van der Waals surface area contributed by atoms with Crippen LogP contribution < -0.4 is 21.1 Å². The Hall–Kier alpha value is -4.00. The van der Waals surface area contributed by atoms with E-state index in [0.717, 1.165) is 12.1 Å². The average Bonchev–Trinajstić information content (AvgIpc) is 3.44. The van der Waals surface area contributed by atoms with Crippen LogP contribution in [0.1, 0.15) is 18.4 Å². The van der Waals surface area contributed by atoms with E-state index in [-0.39, 0.29) is 35.9 Å². The molecule has 0 amide bonds. The molecule has 9 nitrogen and oxygen atoms in total. The van der Waals surface area contributed by atoms with Gasteiger partial charge in [-0.1, -0.05) is 0 Å². The van der Waals surface area contributed by atoms with Gasteiger partial charge < -0.3 is 25.7 Å². The number of ether oxygens (including phenoxy) is 1. The molecule has 1 aliphatic heterocycles. The first-order valence-corrected chi connectivity index (χ1v) is 11.4. The third kappa shape index (κ3) is 4.73. The smallest absolute Gasteiger partial charge is 0.240 e. The molecule has 194 valence electrons. The van der Waals surface area contributed by atoms with Gasteiger partial charge in [-0.3, -0.25) is 4.98 Å². The molecule has 0 bridgehead atoms. The molecule has 1 aliphatic rings. The number of hydrogen-bond donors (Lipinski definition) is 2. The molecule has 37 heavy (non-hydrogen) atoms. The Balaban J connectivity index is 1.58. The lowest BCUT2D eigenvalue weighted by Gasteiger charge is -2.26. The van der Waals surface area contributed by atoms with E-state index in [9.17, 15) is 17.6 Å². The van der Waals surface area contributed by atoms with Crippen LogP contribution in [-0.4, -0.2) is 56.7 Å². The van der Waals surface area contributed by atoms with Crippen LogP contribution in [0.2, 0.25) is 0 Å². The molecule has 4 heterocycles. The first-order chi connectivity index (χ1) is 17.7. The second-order valence-electron chi connectivity index (χ2n) is 9.10. The Labute approximate surface area is 209 Å². The highest BCUT2D eigenvalue weighted by Crippen LogP contribution is 2.35. The van der Waals surface area contributed by atoms with Gasteiger partial charge in [-0.25, -0.2) is 32.5 Å². The minimum Gasteiger partial charge on any atom is -0.494 e. The van der Waals surface area contributed by atoms with Crippen molar-refractivity contribution in [2.24, 2.45) is 5.73 Å². The van der Waals surface area contributed by atoms with Gasteiger partial charge in [-0.15, -0.1) is 0 Å². The molecule has 0 spiro atoms. The molecule has 1 atom stereocenters. The van der Waals surface area contributed by atoms with Crippen LogP contribution in [0, 0.1) is 11.6 Å². The Kier molecular flexibility index (Phi) is 6.31. The van der Waals surface area contributed by atoms with Crippen LogP contribution in [-0.2, 0) is 6.54 Å². The fourth-order valence-electron chi connectivity index (χ4n) is 4.70. The molecule has 13 heteroatoms. The largest absolute Gasteiger partial charge is 0.494 e. The maximum absolute atomic E-state index is 14.9. The minimum absolute atomic E-state index is 0.0551. The lowest BCUT2D eigenvalue weighted by molar-refractivity contribution is 0.109. The van der Waals surface area contributed by atoms with E-state index < -0.39 is 30.0 Å². The van der Waals surface area contributed by atoms with Gasteiger partial charge in [0.25, 0.3) is 0 Å². The number of nitrogen functional groups attached to an aromatic ring is 1. The summed E-state index contributed by atoms with van der Waals surface area (Å²) < 4.78 is 62.1. The molecule has 4 N–H and O–H groups in total. The van der Waals surface area contributed by atoms with Gasteiger partial charge in [0.1, 0.15) is 17.7 Å². The van der Waals surface area contributed by atoms with Crippen LogP contribution in [0.5, 0.6) is 5.75 Å². The van der Waals surface area contributed by atoms with Crippen molar-refractivity contribution in [1.29, 1.82) is 0 Å². The zero-order valence-corrected chi connectivity index (χ0v) is 19.8. The number of pyridine rings is 1. The van der Waals surface area contributed by atoms with Crippen LogP contribution in [0.15, 0.2) is 37.1 Å². The second kappa shape index (κ2) is 9.47. The molecule has 5 rings (SSSR count). The summed E-state index contributed by atoms with van der Waals surface area (Å²) in [5, 5.41) is 0. The molecule has 1 saturated heterocycles. The normalized spacial score (nSPS) is 17.8. The Bertz CT molecular complexity index is 1460. The number of aromatic nitrogens is 5. The number of rotatable bonds is 7. The minimum atomic E-state index is -2.53. The Morgan fingerprint density at radius 3 is 2.68 bits per heavy atom. The molecular formula is C24H24F4N8O. The first kappa shape index (κ1) is 24.7. The lowest BCUT2D eigenvalue weighted by Crippen LogP contribution is -2.44. The highest BCUT2D eigenvalue weighted by Gasteiger charge is 2.37. The first-order valence-electron chi connectivity index (χ1n) is 11.4. The quantitative estimate of drug-likeness (QED) is 0.359. The van der Waals surface area contributed by atoms with Crippen molar-refractivity contribution in [3.8, 4) is 17.0 Å². The SMILES string of the molecule is COc1cc(F)c(-c2cc(Cn3cnc4c(N)ncnc43)c(N3CC[C@](N)(CC(F)F)C3)cn2)cc1F. The highest BCUT2D eigenvalue weighted by molar-refractivity contribution is 5.81. The van der Waals surface area contributed by atoms with Crippen molar-refractivity contribution >= 4 is 22.7 Å². The van der Waals surface area contributed by atoms with E-state index in [2.05, 4.69) is 19.9 Å². The topological polar surface area (TPSA) is 121 Å². The molecule has 0 aliphatic carbocycles. The summed E-state index contributed by atoms with van der Waals surface area (Å²) in [4.78, 5) is 18.7. The zero-order valence-electron chi connectivity index (χ0n) is 19.8. The number of nitrogens with two attached hydrogens (primary N) is 2. The van der Waals surface area contributed by atoms with Gasteiger partial charge in [-0.2, -0.15) is 0 Å². The predicted molar refractivity (Wildman–Crippen MR) is 129 cm³/mol. The zero-order chi connectivity index (χ0) is 26.3. The van der Waals surface area contributed by atoms with Crippen molar-refractivity contribution in [2.45, 2.75) is 31.4 Å². The number of methoxy groups -OCH3 is 1. The van der Waals surface area contributed by atoms with Gasteiger partial charge in [0.15, 0.2) is 23.0 Å². The number of hydrogen-bond acceptors (Lipinski definition) is 8. The van der Waals surface area contributed by atoms with E-state index in [1.807, 2.05) is 4.90 Å². The van der Waals surface area contributed by atoms with E-state index in [1.54, 1.807) is 17.0 Å². The van der Waals surface area contributed by atoms with E-state index in [4.69, 9.17) is 16.2 Å². The van der Waals surface area contributed by atoms with Crippen LogP contribution >= 0.6 is 0 Å². The molecule has 1 aromatic carbocycles. The molecule has 3 aromatic heterocycles. The maximum atomic E-state index is 14.9. The average molecular weight is 517 g/mol. The number of nitrogens with zero attached hydrogens (tertiary/aromatic N) is 6. The third-order valence-corrected chi connectivity index (χ3v) is 6.54. The predicted octanol–water partition coefficient (Wildman–Crippen LogP) is 3.37. The summed E-state index contributed by atoms with van der Waals surface area (Å²) in [6.45, 7) is 0.834. The molecular weight excluding hydrogens is 492 g/mol. The number of anilines is 2. The standard InChI is InChI=1S/C24H24F4N8O/c1-37-19-6-15(25)14(5-16(19)26)17-4-13(9-36-12-34-21-22(29)32-11-33-23(21)36)18(8-31-17)35-3-2-24(30,10-35)7-20(27)28/h4-6,8,11-12,20H,2-3,7,9-10,30H2,1H3,(H2,29,32,33)/t24-/m0/s1. The van der Waals surface area contributed by atoms with Crippen molar-refractivity contribution in [2.75, 3.05) is 30.8 Å². The van der Waals surface area contributed by atoms with Crippen molar-refractivity contribution < 1.29 is 22.3 Å². The Morgan fingerprint density at radius 2 is 1.92 bits per heavy atom. The summed E-state index contributed by atoms with van der Waals surface area (Å²) in [6.07, 6.45) is 1.79. The van der Waals surface area contributed by atoms with Crippen LogP contribution in [0.3, 0.4) is 0 Å². The number of halogens is 4. The number of alkyl halides is 2. The molecule has 0 radical (unpaired) electrons. The second-order valence-corrected chi connectivity index (χ2v) is 9.10. The van der Waals surface area contributed by atoms with Crippen LogP contribution in [0.4, 0.5) is 29.1 Å². The van der Waals surface area contributed by atoms with Gasteiger partial charge in [0.2, 0.25) is 6.43 Å². The monoisotopic (exact) mass is 516 g/mol. The summed E-state index contributed by atoms with van der Waals surface area (Å²) in [5.74, 6) is -1.46. The summed E-state index contributed by atoms with van der Waals surface area (Å²) >= 11 is 0. The number of fused-ring (bicyclic) bond motifs is 1. The molecule has 4 aromatic rings. The van der Waals surface area contributed by atoms with Crippen molar-refractivity contribution in [3.63, 3.8) is 0 Å². The summed E-state index contributed by atoms with van der Waals surface area (Å²) in [6, 6.07) is 3.60. The lowest BCUT2D eigenvalue weighted by atomic mass is 9.96. The number of imidazole rings is 1. The van der Waals surface area contributed by atoms with Gasteiger partial charge >= 0.3 is 0 Å². The van der Waals surface area contributed by atoms with E-state index in [1.165, 1.54) is 19.6 Å². The fourth-order valence-corrected chi connectivity index (χ4v) is 4.70. The molecule has 0 saturated carbocycles. The summed E-state index contributed by atoms with van der Waals surface area (Å²) in [5.41, 5.74) is 13.4. The fraction of sp³-hybridized carbons (Fsp3) is 0.333. The van der Waals surface area contributed by atoms with Gasteiger partial charge in [0.05, 0.1) is 37.6 Å². The molecule has 1 fully saturated rings. The van der Waals surface area contributed by atoms with Gasteiger partial charge in [0, 0.05) is 36.7 Å². The van der Waals surface area contributed by atoms with Crippen molar-refractivity contribution in [1.82, 2.24) is 24.5 Å². The van der Waals surface area contributed by atoms with Crippen LogP contribution in [0.25, 0.3) is 22.4 Å².